The summed E-state index contributed by atoms with van der Waals surface area (Å²) < 4.78 is 15.5. The second-order valence-electron chi connectivity index (χ2n) is 6.53. The van der Waals surface area contributed by atoms with Gasteiger partial charge in [-0.05, 0) is 30.3 Å². The maximum Gasteiger partial charge on any atom is 0.300 e. The average molecular weight is 452 g/mol. The number of rotatable bonds is 3. The summed E-state index contributed by atoms with van der Waals surface area (Å²) in [5.41, 5.74) is 0.791. The smallest absolute Gasteiger partial charge is 0.300 e. The Morgan fingerprint density at radius 3 is 2.17 bits per heavy atom. The second-order valence-corrected chi connectivity index (χ2v) is 7.45. The van der Waals surface area contributed by atoms with Crippen LogP contribution in [-0.2, 0) is 9.59 Å². The standard InChI is InChI=1S/C23H15BrFNO3/c24-15-10-12-16(13-11-15)26-20(17-8-4-5-9-18(17)25)19(22(28)23(26)29)21(27)14-6-2-1-3-7-14/h1-13,20,27H/b21-19+/t20-/m1/s1. The van der Waals surface area contributed by atoms with Crippen molar-refractivity contribution in [3.8, 4) is 0 Å². The number of hydrogen-bond donors (Lipinski definition) is 1. The third-order valence-corrected chi connectivity index (χ3v) is 5.32. The van der Waals surface area contributed by atoms with Crippen LogP contribution in [0.3, 0.4) is 0 Å². The van der Waals surface area contributed by atoms with E-state index in [4.69, 9.17) is 0 Å². The van der Waals surface area contributed by atoms with Crippen molar-refractivity contribution in [1.82, 2.24) is 0 Å². The molecule has 3 aromatic carbocycles. The molecule has 1 N–H and O–H groups in total. The van der Waals surface area contributed by atoms with E-state index in [-0.39, 0.29) is 16.9 Å². The second kappa shape index (κ2) is 7.64. The van der Waals surface area contributed by atoms with Crippen molar-refractivity contribution in [2.24, 2.45) is 0 Å². The Bertz CT molecular complexity index is 1130. The van der Waals surface area contributed by atoms with Crippen molar-refractivity contribution < 1.29 is 19.1 Å². The zero-order valence-corrected chi connectivity index (χ0v) is 16.6. The Balaban J connectivity index is 1.97. The molecule has 4 nitrogen and oxygen atoms in total. The van der Waals surface area contributed by atoms with Gasteiger partial charge in [0.1, 0.15) is 11.6 Å². The van der Waals surface area contributed by atoms with Crippen molar-refractivity contribution in [3.63, 3.8) is 0 Å². The lowest BCUT2D eigenvalue weighted by Crippen LogP contribution is -2.29. The van der Waals surface area contributed by atoms with Gasteiger partial charge in [0.15, 0.2) is 0 Å². The van der Waals surface area contributed by atoms with Gasteiger partial charge in [-0.25, -0.2) is 4.39 Å². The first-order valence-corrected chi connectivity index (χ1v) is 9.64. The van der Waals surface area contributed by atoms with E-state index in [1.54, 1.807) is 60.7 Å². The Morgan fingerprint density at radius 2 is 1.52 bits per heavy atom. The van der Waals surface area contributed by atoms with E-state index in [1.165, 1.54) is 23.1 Å². The fourth-order valence-electron chi connectivity index (χ4n) is 3.44. The molecule has 0 aliphatic carbocycles. The van der Waals surface area contributed by atoms with E-state index >= 15 is 0 Å². The maximum absolute atomic E-state index is 14.7. The van der Waals surface area contributed by atoms with Crippen LogP contribution in [0.2, 0.25) is 0 Å². The minimum atomic E-state index is -1.09. The van der Waals surface area contributed by atoms with Crippen LogP contribution < -0.4 is 4.90 Å². The van der Waals surface area contributed by atoms with E-state index in [0.717, 1.165) is 4.47 Å². The van der Waals surface area contributed by atoms with Crippen LogP contribution in [-0.4, -0.2) is 16.8 Å². The monoisotopic (exact) mass is 451 g/mol. The van der Waals surface area contributed by atoms with Crippen molar-refractivity contribution in [2.75, 3.05) is 4.90 Å². The molecule has 0 spiro atoms. The molecule has 3 aromatic rings. The molecule has 29 heavy (non-hydrogen) atoms. The highest BCUT2D eigenvalue weighted by Crippen LogP contribution is 2.42. The summed E-state index contributed by atoms with van der Waals surface area (Å²) in [6, 6.07) is 20.0. The van der Waals surface area contributed by atoms with Crippen LogP contribution in [0, 0.1) is 5.82 Å². The molecule has 1 amide bonds. The zero-order valence-electron chi connectivity index (χ0n) is 15.0. The summed E-state index contributed by atoms with van der Waals surface area (Å²) in [5.74, 6) is -2.59. The number of aliphatic hydroxyl groups is 1. The fourth-order valence-corrected chi connectivity index (χ4v) is 3.71. The predicted octanol–water partition coefficient (Wildman–Crippen LogP) is 5.21. The van der Waals surface area contributed by atoms with Crippen molar-refractivity contribution in [2.45, 2.75) is 6.04 Å². The van der Waals surface area contributed by atoms with Crippen molar-refractivity contribution >= 4 is 39.1 Å². The molecule has 0 radical (unpaired) electrons. The van der Waals surface area contributed by atoms with Gasteiger partial charge in [0.2, 0.25) is 0 Å². The van der Waals surface area contributed by atoms with E-state index < -0.39 is 23.5 Å². The Morgan fingerprint density at radius 1 is 0.897 bits per heavy atom. The van der Waals surface area contributed by atoms with E-state index in [0.29, 0.717) is 11.3 Å². The Hall–Kier alpha value is -3.25. The molecule has 6 heteroatoms. The highest BCUT2D eigenvalue weighted by molar-refractivity contribution is 9.10. The lowest BCUT2D eigenvalue weighted by Gasteiger charge is -2.25. The number of aliphatic hydroxyl groups excluding tert-OH is 1. The van der Waals surface area contributed by atoms with Gasteiger partial charge in [-0.3, -0.25) is 14.5 Å². The summed E-state index contributed by atoms with van der Waals surface area (Å²) in [5, 5.41) is 10.9. The number of nitrogens with zero attached hydrogens (tertiary/aromatic N) is 1. The molecule has 144 valence electrons. The van der Waals surface area contributed by atoms with Crippen LogP contribution in [0.4, 0.5) is 10.1 Å². The molecule has 1 atom stereocenters. The summed E-state index contributed by atoms with van der Waals surface area (Å²) >= 11 is 3.34. The Labute approximate surface area is 175 Å². The minimum Gasteiger partial charge on any atom is -0.507 e. The van der Waals surface area contributed by atoms with Crippen LogP contribution >= 0.6 is 15.9 Å². The average Bonchev–Trinajstić information content (AvgIpc) is 3.00. The first kappa shape index (κ1) is 19.1. The van der Waals surface area contributed by atoms with Gasteiger partial charge in [0.25, 0.3) is 11.7 Å². The molecular weight excluding hydrogens is 437 g/mol. The third-order valence-electron chi connectivity index (χ3n) is 4.80. The van der Waals surface area contributed by atoms with Crippen LogP contribution in [0.25, 0.3) is 5.76 Å². The number of carbonyl (C=O) groups excluding carboxylic acids is 2. The van der Waals surface area contributed by atoms with Crippen molar-refractivity contribution in [3.05, 3.63) is 106 Å². The number of ketones is 1. The van der Waals surface area contributed by atoms with E-state index in [2.05, 4.69) is 15.9 Å². The Kier molecular flexibility index (Phi) is 5.03. The number of amides is 1. The summed E-state index contributed by atoms with van der Waals surface area (Å²) in [6.45, 7) is 0. The minimum absolute atomic E-state index is 0.132. The molecular formula is C23H15BrFNO3. The van der Waals surface area contributed by atoms with Crippen molar-refractivity contribution in [1.29, 1.82) is 0 Å². The number of hydrogen-bond acceptors (Lipinski definition) is 3. The number of halogens is 2. The summed E-state index contributed by atoms with van der Waals surface area (Å²) in [7, 11) is 0. The summed E-state index contributed by atoms with van der Waals surface area (Å²) in [6.07, 6.45) is 0. The van der Waals surface area contributed by atoms with Gasteiger partial charge in [0.05, 0.1) is 11.6 Å². The molecule has 1 saturated heterocycles. The molecule has 0 bridgehead atoms. The number of Topliss-reactive ketones (excluding diaryl/α,β-unsaturated/α-hetero) is 1. The molecule has 1 aliphatic heterocycles. The molecule has 0 unspecified atom stereocenters. The van der Waals surface area contributed by atoms with Gasteiger partial charge in [-0.15, -0.1) is 0 Å². The number of anilines is 1. The van der Waals surface area contributed by atoms with Crippen LogP contribution in [0.15, 0.2) is 88.9 Å². The predicted molar refractivity (Wildman–Crippen MR) is 112 cm³/mol. The maximum atomic E-state index is 14.7. The van der Waals surface area contributed by atoms with Crippen LogP contribution in [0.5, 0.6) is 0 Å². The van der Waals surface area contributed by atoms with E-state index in [9.17, 15) is 19.1 Å². The van der Waals surface area contributed by atoms with Gasteiger partial charge in [0, 0.05) is 21.3 Å². The third kappa shape index (κ3) is 3.36. The number of benzene rings is 3. The molecule has 1 heterocycles. The summed E-state index contributed by atoms with van der Waals surface area (Å²) in [4.78, 5) is 27.1. The normalized spacial score (nSPS) is 18.3. The highest BCUT2D eigenvalue weighted by Gasteiger charge is 2.47. The van der Waals surface area contributed by atoms with Gasteiger partial charge < -0.3 is 5.11 Å². The fraction of sp³-hybridized carbons (Fsp3) is 0.0435. The topological polar surface area (TPSA) is 57.6 Å². The molecule has 0 aromatic heterocycles. The van der Waals surface area contributed by atoms with Gasteiger partial charge in [-0.1, -0.05) is 64.5 Å². The van der Waals surface area contributed by atoms with Gasteiger partial charge >= 0.3 is 0 Å². The largest absolute Gasteiger partial charge is 0.507 e. The highest BCUT2D eigenvalue weighted by atomic mass is 79.9. The van der Waals surface area contributed by atoms with E-state index in [1.807, 2.05) is 0 Å². The van der Waals surface area contributed by atoms with Gasteiger partial charge in [-0.2, -0.15) is 0 Å². The number of carbonyl (C=O) groups is 2. The lowest BCUT2D eigenvalue weighted by molar-refractivity contribution is -0.132. The first-order valence-electron chi connectivity index (χ1n) is 8.85. The zero-order chi connectivity index (χ0) is 20.5. The first-order chi connectivity index (χ1) is 14.0. The quantitative estimate of drug-likeness (QED) is 0.337. The van der Waals surface area contributed by atoms with Crippen LogP contribution in [0.1, 0.15) is 17.2 Å². The SMILES string of the molecule is O=C1C(=O)N(c2ccc(Br)cc2)[C@H](c2ccccc2F)/C1=C(\O)c1ccccc1. The lowest BCUT2D eigenvalue weighted by atomic mass is 9.95. The molecule has 1 fully saturated rings. The molecule has 1 aliphatic rings. The molecule has 4 rings (SSSR count). The molecule has 0 saturated carbocycles.